The molecule has 1 N–H and O–H groups in total. The molecule has 1 aliphatic rings. The summed E-state index contributed by atoms with van der Waals surface area (Å²) in [6, 6.07) is 8.69. The number of benzene rings is 1. The molecule has 0 aliphatic carbocycles. The third-order valence-corrected chi connectivity index (χ3v) is 6.47. The van der Waals surface area contributed by atoms with E-state index in [1.165, 1.54) is 18.2 Å². The zero-order valence-corrected chi connectivity index (χ0v) is 16.4. The fraction of sp³-hybridized carbons (Fsp3) is 0.316. The molecule has 7 nitrogen and oxygen atoms in total. The van der Waals surface area contributed by atoms with Gasteiger partial charge in [-0.25, -0.2) is 12.4 Å². The molecule has 1 aliphatic heterocycles. The Labute approximate surface area is 167 Å². The Kier molecular flexibility index (Phi) is 5.13. The van der Waals surface area contributed by atoms with Crippen molar-refractivity contribution in [2.75, 3.05) is 24.5 Å². The van der Waals surface area contributed by atoms with Crippen molar-refractivity contribution in [2.24, 2.45) is 0 Å². The molecular formula is C19H20F2N4O3S. The molecule has 3 aromatic rings. The monoisotopic (exact) mass is 422 g/mol. The lowest BCUT2D eigenvalue weighted by Gasteiger charge is -2.32. The molecule has 154 valence electrons. The van der Waals surface area contributed by atoms with Crippen LogP contribution in [0.2, 0.25) is 0 Å². The Morgan fingerprint density at radius 3 is 2.86 bits per heavy atom. The van der Waals surface area contributed by atoms with Crippen molar-refractivity contribution in [3.05, 3.63) is 48.8 Å². The van der Waals surface area contributed by atoms with Gasteiger partial charge in [0.25, 0.3) is 10.0 Å². The van der Waals surface area contributed by atoms with Gasteiger partial charge >= 0.3 is 6.61 Å². The number of aromatic nitrogens is 2. The number of hydrogen-bond acceptors (Lipinski definition) is 6. The molecule has 1 atom stereocenters. The maximum absolute atomic E-state index is 13.3. The molecule has 1 aromatic carbocycles. The first-order chi connectivity index (χ1) is 13.9. The minimum absolute atomic E-state index is 0.142. The average molecular weight is 422 g/mol. The van der Waals surface area contributed by atoms with Gasteiger partial charge in [0.2, 0.25) is 0 Å². The zero-order valence-electron chi connectivity index (χ0n) is 15.6. The molecule has 0 saturated carbocycles. The Morgan fingerprint density at radius 1 is 1.28 bits per heavy atom. The molecule has 10 heteroatoms. The Hall–Kier alpha value is -2.72. The second-order valence-corrected chi connectivity index (χ2v) is 8.66. The van der Waals surface area contributed by atoms with Crippen LogP contribution in [0.3, 0.4) is 0 Å². The van der Waals surface area contributed by atoms with Gasteiger partial charge < -0.3 is 15.0 Å². The molecule has 3 heterocycles. The number of alkyl halides is 2. The molecule has 2 aromatic heterocycles. The highest BCUT2D eigenvalue weighted by Gasteiger charge is 2.26. The summed E-state index contributed by atoms with van der Waals surface area (Å²) >= 11 is 0. The molecular weight excluding hydrogens is 402 g/mol. The van der Waals surface area contributed by atoms with Crippen LogP contribution in [0.4, 0.5) is 14.5 Å². The average Bonchev–Trinajstić information content (AvgIpc) is 3.08. The van der Waals surface area contributed by atoms with Gasteiger partial charge in [-0.3, -0.25) is 4.98 Å². The summed E-state index contributed by atoms with van der Waals surface area (Å²) < 4.78 is 57.2. The van der Waals surface area contributed by atoms with Crippen molar-refractivity contribution >= 4 is 26.7 Å². The lowest BCUT2D eigenvalue weighted by Crippen LogP contribution is -2.49. The van der Waals surface area contributed by atoms with Crippen LogP contribution in [0.15, 0.2) is 53.7 Å². The summed E-state index contributed by atoms with van der Waals surface area (Å²) in [5, 5.41) is 3.35. The van der Waals surface area contributed by atoms with E-state index >= 15 is 0 Å². The topological polar surface area (TPSA) is 76.5 Å². The van der Waals surface area contributed by atoms with Crippen molar-refractivity contribution in [1.82, 2.24) is 14.3 Å². The van der Waals surface area contributed by atoms with Crippen LogP contribution in [-0.2, 0) is 10.0 Å². The summed E-state index contributed by atoms with van der Waals surface area (Å²) in [7, 11) is -4.05. The third kappa shape index (κ3) is 3.77. The predicted molar refractivity (Wildman–Crippen MR) is 105 cm³/mol. The molecule has 0 bridgehead atoms. The van der Waals surface area contributed by atoms with Crippen LogP contribution in [0.5, 0.6) is 5.75 Å². The number of pyridine rings is 1. The highest BCUT2D eigenvalue weighted by atomic mass is 32.2. The van der Waals surface area contributed by atoms with Crippen LogP contribution in [0, 0.1) is 0 Å². The number of piperazine rings is 1. The summed E-state index contributed by atoms with van der Waals surface area (Å²) in [5.74, 6) is -0.216. The maximum Gasteiger partial charge on any atom is 0.387 e. The molecule has 0 unspecified atom stereocenters. The molecule has 0 amide bonds. The van der Waals surface area contributed by atoms with Gasteiger partial charge in [-0.2, -0.15) is 8.78 Å². The lowest BCUT2D eigenvalue weighted by atomic mass is 10.2. The summed E-state index contributed by atoms with van der Waals surface area (Å²) in [6.45, 7) is 1.24. The Balaban J connectivity index is 1.81. The van der Waals surface area contributed by atoms with E-state index < -0.39 is 16.6 Å². The SMILES string of the molecule is C[C@@H]1CN(c2cn(S(=O)(=O)c3cccc(OC(F)F)c3)c3cccnc23)CCN1. The smallest absolute Gasteiger partial charge is 0.387 e. The standard InChI is InChI=1S/C19H20F2N4O3S/c1-13-11-24(9-8-22-13)17-12-25(16-6-3-7-23-18(16)17)29(26,27)15-5-2-4-14(10-15)28-19(20)21/h2-7,10,12-13,19,22H,8-9,11H2,1H3/t13-/m1/s1. The van der Waals surface area contributed by atoms with Crippen LogP contribution in [0.25, 0.3) is 11.0 Å². The van der Waals surface area contributed by atoms with E-state index in [4.69, 9.17) is 0 Å². The maximum atomic E-state index is 13.3. The second kappa shape index (κ2) is 7.60. The Morgan fingerprint density at radius 2 is 2.10 bits per heavy atom. The van der Waals surface area contributed by atoms with Crippen molar-refractivity contribution in [3.8, 4) is 5.75 Å². The van der Waals surface area contributed by atoms with E-state index in [0.29, 0.717) is 17.6 Å². The van der Waals surface area contributed by atoms with Crippen LogP contribution in [-0.4, -0.2) is 49.7 Å². The fourth-order valence-electron chi connectivity index (χ4n) is 3.52. The first-order valence-corrected chi connectivity index (χ1v) is 10.5. The van der Waals surface area contributed by atoms with Crippen molar-refractivity contribution in [1.29, 1.82) is 0 Å². The first-order valence-electron chi connectivity index (χ1n) is 9.11. The van der Waals surface area contributed by atoms with E-state index in [2.05, 4.69) is 26.9 Å². The van der Waals surface area contributed by atoms with Crippen molar-refractivity contribution < 1.29 is 21.9 Å². The van der Waals surface area contributed by atoms with Crippen LogP contribution in [0.1, 0.15) is 6.92 Å². The predicted octanol–water partition coefficient (Wildman–Crippen LogP) is 2.67. The zero-order chi connectivity index (χ0) is 20.6. The van der Waals surface area contributed by atoms with E-state index in [-0.39, 0.29) is 16.7 Å². The number of fused-ring (bicyclic) bond motifs is 1. The number of ether oxygens (including phenoxy) is 1. The summed E-state index contributed by atoms with van der Waals surface area (Å²) in [4.78, 5) is 6.35. The lowest BCUT2D eigenvalue weighted by molar-refractivity contribution is -0.0499. The minimum atomic E-state index is -4.05. The quantitative estimate of drug-likeness (QED) is 0.681. The molecule has 4 rings (SSSR count). The number of nitrogens with one attached hydrogen (secondary N) is 1. The number of hydrogen-bond donors (Lipinski definition) is 1. The number of halogens is 2. The number of nitrogens with zero attached hydrogens (tertiary/aromatic N) is 3. The minimum Gasteiger partial charge on any atom is -0.435 e. The van der Waals surface area contributed by atoms with Gasteiger partial charge in [-0.05, 0) is 31.2 Å². The van der Waals surface area contributed by atoms with Gasteiger partial charge in [0.1, 0.15) is 11.3 Å². The van der Waals surface area contributed by atoms with Gasteiger partial charge in [-0.15, -0.1) is 0 Å². The van der Waals surface area contributed by atoms with Gasteiger partial charge in [0, 0.05) is 44.1 Å². The third-order valence-electron chi connectivity index (χ3n) is 4.80. The molecule has 29 heavy (non-hydrogen) atoms. The van der Waals surface area contributed by atoms with Crippen molar-refractivity contribution in [3.63, 3.8) is 0 Å². The fourth-order valence-corrected chi connectivity index (χ4v) is 4.91. The molecule has 0 spiro atoms. The van der Waals surface area contributed by atoms with E-state index in [9.17, 15) is 17.2 Å². The first kappa shape index (κ1) is 19.6. The second-order valence-electron chi connectivity index (χ2n) is 6.84. The van der Waals surface area contributed by atoms with Gasteiger partial charge in [0.15, 0.2) is 0 Å². The summed E-state index contributed by atoms with van der Waals surface area (Å²) in [5.41, 5.74) is 1.72. The molecule has 0 radical (unpaired) electrons. The number of rotatable bonds is 5. The van der Waals surface area contributed by atoms with E-state index in [1.54, 1.807) is 24.5 Å². The van der Waals surface area contributed by atoms with E-state index in [1.807, 2.05) is 0 Å². The van der Waals surface area contributed by atoms with Crippen LogP contribution >= 0.6 is 0 Å². The Bertz CT molecular complexity index is 1130. The summed E-state index contributed by atoms with van der Waals surface area (Å²) in [6.07, 6.45) is 3.16. The highest BCUT2D eigenvalue weighted by Crippen LogP contribution is 2.32. The molecule has 1 fully saturated rings. The van der Waals surface area contributed by atoms with Gasteiger partial charge in [0.05, 0.1) is 16.1 Å². The van der Waals surface area contributed by atoms with Crippen molar-refractivity contribution in [2.45, 2.75) is 24.5 Å². The van der Waals surface area contributed by atoms with Gasteiger partial charge in [-0.1, -0.05) is 6.07 Å². The number of anilines is 1. The largest absolute Gasteiger partial charge is 0.435 e. The highest BCUT2D eigenvalue weighted by molar-refractivity contribution is 7.90. The molecule has 1 saturated heterocycles. The normalized spacial score (nSPS) is 17.8. The van der Waals surface area contributed by atoms with Crippen LogP contribution < -0.4 is 15.0 Å². The van der Waals surface area contributed by atoms with E-state index in [0.717, 1.165) is 28.8 Å².